The molecule has 1 fully saturated rings. The van der Waals surface area contributed by atoms with Crippen molar-refractivity contribution < 1.29 is 19.1 Å². The van der Waals surface area contributed by atoms with E-state index in [9.17, 15) is 9.59 Å². The SMILES string of the molecule is C#CCNC(=O)NC1CCN(C(=O)[C@H]2COc3ccccc3O2)CC1. The van der Waals surface area contributed by atoms with Crippen molar-refractivity contribution in [3.05, 3.63) is 24.3 Å². The van der Waals surface area contributed by atoms with E-state index in [0.29, 0.717) is 37.4 Å². The highest BCUT2D eigenvalue weighted by molar-refractivity contribution is 5.82. The molecule has 2 heterocycles. The van der Waals surface area contributed by atoms with E-state index >= 15 is 0 Å². The lowest BCUT2D eigenvalue weighted by Crippen LogP contribution is -2.53. The number of hydrogen-bond donors (Lipinski definition) is 2. The predicted molar refractivity (Wildman–Crippen MR) is 91.3 cm³/mol. The van der Waals surface area contributed by atoms with Crippen molar-refractivity contribution in [3.8, 4) is 23.8 Å². The first-order chi connectivity index (χ1) is 12.2. The first-order valence-corrected chi connectivity index (χ1v) is 8.32. The van der Waals surface area contributed by atoms with E-state index < -0.39 is 6.10 Å². The van der Waals surface area contributed by atoms with Crippen LogP contribution in [-0.4, -0.2) is 55.2 Å². The number of piperidine rings is 1. The zero-order chi connectivity index (χ0) is 17.6. The minimum atomic E-state index is -0.627. The van der Waals surface area contributed by atoms with Crippen LogP contribution in [0.3, 0.4) is 0 Å². The topological polar surface area (TPSA) is 79.9 Å². The summed E-state index contributed by atoms with van der Waals surface area (Å²) in [5.74, 6) is 3.52. The molecule has 7 heteroatoms. The Kier molecular flexibility index (Phi) is 5.29. The number of hydrogen-bond acceptors (Lipinski definition) is 4. The Labute approximate surface area is 146 Å². The third kappa shape index (κ3) is 4.15. The smallest absolute Gasteiger partial charge is 0.315 e. The van der Waals surface area contributed by atoms with Crippen molar-refractivity contribution in [2.24, 2.45) is 0 Å². The van der Waals surface area contributed by atoms with Gasteiger partial charge in [0.25, 0.3) is 5.91 Å². The molecule has 1 aromatic carbocycles. The van der Waals surface area contributed by atoms with Crippen molar-refractivity contribution >= 4 is 11.9 Å². The van der Waals surface area contributed by atoms with Gasteiger partial charge in [-0.3, -0.25) is 4.79 Å². The number of likely N-dealkylation sites (tertiary alicyclic amines) is 1. The van der Waals surface area contributed by atoms with Crippen LogP contribution in [0.15, 0.2) is 24.3 Å². The molecular formula is C18H21N3O4. The molecule has 2 aliphatic rings. The summed E-state index contributed by atoms with van der Waals surface area (Å²) in [4.78, 5) is 26.0. The normalized spacial score (nSPS) is 19.6. The van der Waals surface area contributed by atoms with Crippen LogP contribution in [0.4, 0.5) is 4.79 Å². The summed E-state index contributed by atoms with van der Waals surface area (Å²) in [7, 11) is 0. The number of nitrogens with one attached hydrogen (secondary N) is 2. The zero-order valence-corrected chi connectivity index (χ0v) is 13.9. The van der Waals surface area contributed by atoms with Gasteiger partial charge in [-0.2, -0.15) is 0 Å². The maximum absolute atomic E-state index is 12.6. The number of amides is 3. The van der Waals surface area contributed by atoms with Crippen LogP contribution >= 0.6 is 0 Å². The number of ether oxygens (including phenoxy) is 2. The molecule has 7 nitrogen and oxygen atoms in total. The molecule has 0 aromatic heterocycles. The molecule has 0 spiro atoms. The van der Waals surface area contributed by atoms with Gasteiger partial charge < -0.3 is 25.0 Å². The lowest BCUT2D eigenvalue weighted by Gasteiger charge is -2.35. The summed E-state index contributed by atoms with van der Waals surface area (Å²) >= 11 is 0. The number of nitrogens with zero attached hydrogens (tertiary/aromatic N) is 1. The maximum atomic E-state index is 12.6. The highest BCUT2D eigenvalue weighted by Gasteiger charge is 2.33. The van der Waals surface area contributed by atoms with Gasteiger partial charge in [0.1, 0.15) is 6.61 Å². The van der Waals surface area contributed by atoms with Gasteiger partial charge in [-0.25, -0.2) is 4.79 Å². The van der Waals surface area contributed by atoms with Crippen LogP contribution in [0.25, 0.3) is 0 Å². The molecule has 2 aliphatic heterocycles. The standard InChI is InChI=1S/C18H21N3O4/c1-2-9-19-18(23)20-13-7-10-21(11-8-13)17(22)16-12-24-14-5-3-4-6-15(14)25-16/h1,3-6,13,16H,7-12H2,(H2,19,20,23)/t16-/m1/s1. The van der Waals surface area contributed by atoms with E-state index in [2.05, 4.69) is 16.6 Å². The first-order valence-electron chi connectivity index (χ1n) is 8.32. The van der Waals surface area contributed by atoms with Crippen LogP contribution < -0.4 is 20.1 Å². The molecule has 3 rings (SSSR count). The second-order valence-corrected chi connectivity index (χ2v) is 5.99. The van der Waals surface area contributed by atoms with Crippen molar-refractivity contribution in [2.45, 2.75) is 25.0 Å². The molecule has 0 unspecified atom stereocenters. The average Bonchev–Trinajstić information content (AvgIpc) is 2.66. The monoisotopic (exact) mass is 343 g/mol. The fourth-order valence-electron chi connectivity index (χ4n) is 2.96. The average molecular weight is 343 g/mol. The number of terminal acetylenes is 1. The van der Waals surface area contributed by atoms with Gasteiger partial charge in [0.2, 0.25) is 6.10 Å². The van der Waals surface area contributed by atoms with Crippen LogP contribution in [0.1, 0.15) is 12.8 Å². The Morgan fingerprint density at radius 2 is 1.96 bits per heavy atom. The third-order valence-electron chi connectivity index (χ3n) is 4.28. The van der Waals surface area contributed by atoms with Gasteiger partial charge in [0.05, 0.1) is 6.54 Å². The fraction of sp³-hybridized carbons (Fsp3) is 0.444. The number of rotatable bonds is 3. The van der Waals surface area contributed by atoms with Crippen molar-refractivity contribution in [2.75, 3.05) is 26.2 Å². The molecule has 1 atom stereocenters. The van der Waals surface area contributed by atoms with Gasteiger partial charge >= 0.3 is 6.03 Å². The molecule has 0 saturated carbocycles. The molecule has 1 aromatic rings. The summed E-state index contributed by atoms with van der Waals surface area (Å²) in [5, 5.41) is 5.44. The molecule has 0 radical (unpaired) electrons. The van der Waals surface area contributed by atoms with E-state index in [1.54, 1.807) is 11.0 Å². The third-order valence-corrected chi connectivity index (χ3v) is 4.28. The fourth-order valence-corrected chi connectivity index (χ4v) is 2.96. The van der Waals surface area contributed by atoms with E-state index in [1.807, 2.05) is 18.2 Å². The molecule has 0 bridgehead atoms. The molecule has 132 valence electrons. The summed E-state index contributed by atoms with van der Waals surface area (Å²) in [6.07, 6.45) is 5.86. The van der Waals surface area contributed by atoms with E-state index in [0.717, 1.165) is 0 Å². The number of benzene rings is 1. The summed E-state index contributed by atoms with van der Waals surface area (Å²) in [6.45, 7) is 1.55. The highest BCUT2D eigenvalue weighted by Crippen LogP contribution is 2.31. The van der Waals surface area contributed by atoms with Crippen molar-refractivity contribution in [1.29, 1.82) is 0 Å². The molecule has 25 heavy (non-hydrogen) atoms. The molecule has 0 aliphatic carbocycles. The largest absolute Gasteiger partial charge is 0.485 e. The molecule has 2 N–H and O–H groups in total. The van der Waals surface area contributed by atoms with Crippen molar-refractivity contribution in [1.82, 2.24) is 15.5 Å². The van der Waals surface area contributed by atoms with Crippen LogP contribution in [-0.2, 0) is 4.79 Å². The Morgan fingerprint density at radius 3 is 2.68 bits per heavy atom. The second kappa shape index (κ2) is 7.79. The minimum Gasteiger partial charge on any atom is -0.485 e. The second-order valence-electron chi connectivity index (χ2n) is 5.99. The number of fused-ring (bicyclic) bond motifs is 1. The van der Waals surface area contributed by atoms with Crippen LogP contribution in [0.5, 0.6) is 11.5 Å². The number of para-hydroxylation sites is 2. The Balaban J connectivity index is 1.48. The lowest BCUT2D eigenvalue weighted by atomic mass is 10.0. The Hall–Kier alpha value is -2.88. The molecule has 3 amide bonds. The predicted octanol–water partition coefficient (Wildman–Crippen LogP) is 0.750. The Bertz CT molecular complexity index is 677. The number of urea groups is 1. The minimum absolute atomic E-state index is 0.0334. The van der Waals surface area contributed by atoms with Gasteiger partial charge in [0, 0.05) is 19.1 Å². The quantitative estimate of drug-likeness (QED) is 0.794. The van der Waals surface area contributed by atoms with Crippen LogP contribution in [0.2, 0.25) is 0 Å². The van der Waals surface area contributed by atoms with E-state index in [1.165, 1.54) is 0 Å². The van der Waals surface area contributed by atoms with E-state index in [4.69, 9.17) is 15.9 Å². The lowest BCUT2D eigenvalue weighted by molar-refractivity contribution is -0.142. The maximum Gasteiger partial charge on any atom is 0.315 e. The van der Waals surface area contributed by atoms with Gasteiger partial charge in [-0.05, 0) is 25.0 Å². The molecular weight excluding hydrogens is 322 g/mol. The molecule has 1 saturated heterocycles. The number of carbonyl (C=O) groups excluding carboxylic acids is 2. The number of carbonyl (C=O) groups is 2. The van der Waals surface area contributed by atoms with Crippen LogP contribution in [0, 0.1) is 12.3 Å². The van der Waals surface area contributed by atoms with Gasteiger partial charge in [-0.15, -0.1) is 6.42 Å². The van der Waals surface area contributed by atoms with Crippen molar-refractivity contribution in [3.63, 3.8) is 0 Å². The van der Waals surface area contributed by atoms with Gasteiger partial charge in [-0.1, -0.05) is 18.1 Å². The summed E-state index contributed by atoms with van der Waals surface area (Å²) in [5.41, 5.74) is 0. The summed E-state index contributed by atoms with van der Waals surface area (Å²) in [6, 6.07) is 7.08. The Morgan fingerprint density at radius 1 is 1.24 bits per heavy atom. The first kappa shape index (κ1) is 17.0. The zero-order valence-electron chi connectivity index (χ0n) is 13.9. The highest BCUT2D eigenvalue weighted by atomic mass is 16.6. The summed E-state index contributed by atoms with van der Waals surface area (Å²) < 4.78 is 11.4. The van der Waals surface area contributed by atoms with E-state index in [-0.39, 0.29) is 31.1 Å². The van der Waals surface area contributed by atoms with Gasteiger partial charge in [0.15, 0.2) is 11.5 Å².